The maximum Gasteiger partial charge on any atom is 0.307 e. The molecule has 0 aromatic carbocycles. The van der Waals surface area contributed by atoms with Crippen LogP contribution in [0.15, 0.2) is 0 Å². The minimum Gasteiger partial charge on any atom is -0.481 e. The molecule has 1 N–H and O–H groups in total. The van der Waals surface area contributed by atoms with E-state index in [0.717, 1.165) is 12.8 Å². The van der Waals surface area contributed by atoms with Crippen molar-refractivity contribution in [2.24, 2.45) is 5.92 Å². The molecule has 0 aromatic heterocycles. The number of ether oxygens (including phenoxy) is 1. The van der Waals surface area contributed by atoms with Gasteiger partial charge in [-0.3, -0.25) is 4.79 Å². The lowest BCUT2D eigenvalue weighted by Gasteiger charge is -2.28. The van der Waals surface area contributed by atoms with Crippen molar-refractivity contribution in [2.75, 3.05) is 12.9 Å². The normalized spacial score (nSPS) is 27.6. The van der Waals surface area contributed by atoms with Gasteiger partial charge in [0.1, 0.15) is 0 Å². The van der Waals surface area contributed by atoms with Crippen LogP contribution in [-0.2, 0) is 19.4 Å². The Kier molecular flexibility index (Phi) is 4.94. The molecule has 1 rings (SSSR count). The van der Waals surface area contributed by atoms with Crippen molar-refractivity contribution in [3.8, 4) is 0 Å². The van der Waals surface area contributed by atoms with Gasteiger partial charge in [0.15, 0.2) is 9.84 Å². The van der Waals surface area contributed by atoms with Crippen LogP contribution in [0.2, 0.25) is 0 Å². The van der Waals surface area contributed by atoms with Gasteiger partial charge in [-0.15, -0.1) is 0 Å². The predicted molar refractivity (Wildman–Crippen MR) is 63.6 cm³/mol. The van der Waals surface area contributed by atoms with Crippen molar-refractivity contribution in [3.63, 3.8) is 0 Å². The maximum atomic E-state index is 12.0. The molecule has 1 saturated carbocycles. The Bertz CT molecular complexity index is 362. The fourth-order valence-corrected chi connectivity index (χ4v) is 4.34. The van der Waals surface area contributed by atoms with Crippen LogP contribution >= 0.6 is 0 Å². The number of rotatable bonds is 5. The van der Waals surface area contributed by atoms with Crippen LogP contribution in [0.25, 0.3) is 0 Å². The molecule has 0 aromatic rings. The topological polar surface area (TPSA) is 80.7 Å². The number of sulfone groups is 1. The fourth-order valence-electron chi connectivity index (χ4n) is 2.20. The molecule has 5 nitrogen and oxygen atoms in total. The molecular formula is C11H20O5S. The third-order valence-corrected chi connectivity index (χ3v) is 5.73. The van der Waals surface area contributed by atoms with E-state index >= 15 is 0 Å². The fraction of sp³-hybridized carbons (Fsp3) is 0.909. The Morgan fingerprint density at radius 1 is 1.47 bits per heavy atom. The maximum absolute atomic E-state index is 12.0. The van der Waals surface area contributed by atoms with Crippen molar-refractivity contribution in [1.29, 1.82) is 0 Å². The van der Waals surface area contributed by atoms with Gasteiger partial charge in [-0.1, -0.05) is 6.92 Å². The molecule has 3 atom stereocenters. The number of carbonyl (C=O) groups is 1. The van der Waals surface area contributed by atoms with Gasteiger partial charge < -0.3 is 9.84 Å². The smallest absolute Gasteiger partial charge is 0.307 e. The van der Waals surface area contributed by atoms with E-state index in [1.54, 1.807) is 7.11 Å². The molecule has 0 spiro atoms. The molecular weight excluding hydrogens is 244 g/mol. The predicted octanol–water partition coefficient (Wildman–Crippen LogP) is 1.08. The molecule has 17 heavy (non-hydrogen) atoms. The molecule has 0 heterocycles. The van der Waals surface area contributed by atoms with E-state index in [1.807, 2.05) is 0 Å². The van der Waals surface area contributed by atoms with Crippen LogP contribution in [0.5, 0.6) is 0 Å². The highest BCUT2D eigenvalue weighted by Crippen LogP contribution is 2.27. The Balaban J connectivity index is 2.66. The summed E-state index contributed by atoms with van der Waals surface area (Å²) in [5.74, 6) is -2.18. The van der Waals surface area contributed by atoms with E-state index in [1.165, 1.54) is 6.92 Å². The highest BCUT2D eigenvalue weighted by molar-refractivity contribution is 7.92. The average Bonchev–Trinajstić information content (AvgIpc) is 2.28. The summed E-state index contributed by atoms with van der Waals surface area (Å²) in [7, 11) is -1.75. The van der Waals surface area contributed by atoms with Crippen LogP contribution in [0, 0.1) is 5.92 Å². The summed E-state index contributed by atoms with van der Waals surface area (Å²) in [5.41, 5.74) is 0. The third kappa shape index (κ3) is 3.96. The average molecular weight is 264 g/mol. The number of carboxylic acid groups (broad SMARTS) is 1. The zero-order valence-electron chi connectivity index (χ0n) is 10.3. The van der Waals surface area contributed by atoms with E-state index < -0.39 is 27.0 Å². The first-order valence-corrected chi connectivity index (χ1v) is 7.55. The molecule has 1 aliphatic rings. The zero-order valence-corrected chi connectivity index (χ0v) is 11.1. The van der Waals surface area contributed by atoms with Gasteiger partial charge in [-0.2, -0.15) is 0 Å². The lowest BCUT2D eigenvalue weighted by Crippen LogP contribution is -2.35. The second-order valence-corrected chi connectivity index (χ2v) is 7.04. The molecule has 3 unspecified atom stereocenters. The first-order valence-electron chi connectivity index (χ1n) is 5.84. The van der Waals surface area contributed by atoms with Crippen molar-refractivity contribution in [1.82, 2.24) is 0 Å². The van der Waals surface area contributed by atoms with Gasteiger partial charge in [0.25, 0.3) is 0 Å². The molecule has 0 amide bonds. The minimum atomic E-state index is -3.33. The Hall–Kier alpha value is -0.620. The number of aliphatic carboxylic acids is 1. The lowest BCUT2D eigenvalue weighted by molar-refractivity contribution is -0.140. The van der Waals surface area contributed by atoms with Crippen molar-refractivity contribution in [2.45, 2.75) is 44.0 Å². The monoisotopic (exact) mass is 264 g/mol. The van der Waals surface area contributed by atoms with E-state index in [9.17, 15) is 13.2 Å². The molecule has 0 radical (unpaired) electrons. The largest absolute Gasteiger partial charge is 0.481 e. The number of hydrogen-bond donors (Lipinski definition) is 1. The SMILES string of the molecule is COC1CCCC(S(=O)(=O)CC(C)C(=O)O)C1. The van der Waals surface area contributed by atoms with Gasteiger partial charge in [-0.05, 0) is 25.7 Å². The molecule has 0 bridgehead atoms. The van der Waals surface area contributed by atoms with Crippen molar-refractivity contribution < 1.29 is 23.1 Å². The van der Waals surface area contributed by atoms with Crippen LogP contribution in [-0.4, -0.2) is 43.7 Å². The van der Waals surface area contributed by atoms with E-state index in [2.05, 4.69) is 0 Å². The summed E-state index contributed by atoms with van der Waals surface area (Å²) in [6.07, 6.45) is 2.81. The number of carboxylic acids is 1. The van der Waals surface area contributed by atoms with E-state index in [0.29, 0.717) is 12.8 Å². The van der Waals surface area contributed by atoms with Crippen LogP contribution < -0.4 is 0 Å². The van der Waals surface area contributed by atoms with Gasteiger partial charge in [0, 0.05) is 7.11 Å². The highest BCUT2D eigenvalue weighted by atomic mass is 32.2. The van der Waals surface area contributed by atoms with Gasteiger partial charge in [-0.25, -0.2) is 8.42 Å². The first-order chi connectivity index (χ1) is 7.86. The number of hydrogen-bond acceptors (Lipinski definition) is 4. The number of methoxy groups -OCH3 is 1. The highest BCUT2D eigenvalue weighted by Gasteiger charge is 2.33. The van der Waals surface area contributed by atoms with Crippen LogP contribution in [0.1, 0.15) is 32.6 Å². The van der Waals surface area contributed by atoms with Crippen LogP contribution in [0.3, 0.4) is 0 Å². The second-order valence-electron chi connectivity index (χ2n) is 4.72. The second kappa shape index (κ2) is 5.82. The third-order valence-electron chi connectivity index (χ3n) is 3.32. The Morgan fingerprint density at radius 3 is 2.65 bits per heavy atom. The van der Waals surface area contributed by atoms with Crippen molar-refractivity contribution in [3.05, 3.63) is 0 Å². The van der Waals surface area contributed by atoms with Crippen molar-refractivity contribution >= 4 is 15.8 Å². The summed E-state index contributed by atoms with van der Waals surface area (Å²) < 4.78 is 29.3. The van der Waals surface area contributed by atoms with E-state index in [4.69, 9.17) is 9.84 Å². The first kappa shape index (κ1) is 14.4. The minimum absolute atomic E-state index is 0.0105. The molecule has 0 saturated heterocycles. The lowest BCUT2D eigenvalue weighted by atomic mass is 9.97. The molecule has 6 heteroatoms. The quantitative estimate of drug-likeness (QED) is 0.803. The molecule has 100 valence electrons. The van der Waals surface area contributed by atoms with Gasteiger partial charge >= 0.3 is 5.97 Å². The zero-order chi connectivity index (χ0) is 13.1. The molecule has 1 aliphatic carbocycles. The molecule has 0 aliphatic heterocycles. The summed E-state index contributed by atoms with van der Waals surface area (Å²) in [6, 6.07) is 0. The van der Waals surface area contributed by atoms with Crippen LogP contribution in [0.4, 0.5) is 0 Å². The summed E-state index contributed by atoms with van der Waals surface area (Å²) in [6.45, 7) is 1.43. The summed E-state index contributed by atoms with van der Waals surface area (Å²) in [5, 5.41) is 8.31. The standard InChI is InChI=1S/C11H20O5S/c1-8(11(12)13)7-17(14,15)10-5-3-4-9(6-10)16-2/h8-10H,3-7H2,1-2H3,(H,12,13). The summed E-state index contributed by atoms with van der Waals surface area (Å²) in [4.78, 5) is 10.7. The molecule has 1 fully saturated rings. The van der Waals surface area contributed by atoms with E-state index in [-0.39, 0.29) is 11.9 Å². The summed E-state index contributed by atoms with van der Waals surface area (Å²) >= 11 is 0. The Labute approximate surface area is 102 Å². The van der Waals surface area contributed by atoms with Gasteiger partial charge in [0.2, 0.25) is 0 Å². The van der Waals surface area contributed by atoms with Gasteiger partial charge in [0.05, 0.1) is 23.0 Å². The Morgan fingerprint density at radius 2 is 2.12 bits per heavy atom.